The van der Waals surface area contributed by atoms with Gasteiger partial charge in [0.25, 0.3) is 0 Å². The quantitative estimate of drug-likeness (QED) is 0.880. The first kappa shape index (κ1) is 13.7. The molecule has 0 aliphatic carbocycles. The van der Waals surface area contributed by atoms with Gasteiger partial charge in [-0.05, 0) is 23.4 Å². The van der Waals surface area contributed by atoms with Gasteiger partial charge >= 0.3 is 0 Å². The standard InChI is InChI=1S/C12H13NOS.CH4O/c1-8(6-12(13)14)11-7-9-4-2-3-5-10(9)15-11;1-2/h2-5,7-8H,6H2,1H3,(H2,13,14);2H,1H3. The SMILES string of the molecule is CC(CC(N)=O)c1cc2ccccc2s1.CO. The minimum atomic E-state index is -0.236. The van der Waals surface area contributed by atoms with E-state index in [0.29, 0.717) is 6.42 Å². The number of fused-ring (bicyclic) bond motifs is 1. The largest absolute Gasteiger partial charge is 0.400 e. The van der Waals surface area contributed by atoms with Gasteiger partial charge in [0, 0.05) is 23.1 Å². The Balaban J connectivity index is 0.000000686. The average Bonchev–Trinajstić information content (AvgIpc) is 2.74. The summed E-state index contributed by atoms with van der Waals surface area (Å²) in [5.74, 6) is -0.0140. The summed E-state index contributed by atoms with van der Waals surface area (Å²) in [5.41, 5.74) is 5.19. The van der Waals surface area contributed by atoms with Gasteiger partial charge in [-0.15, -0.1) is 11.3 Å². The average molecular weight is 251 g/mol. The molecule has 0 aliphatic heterocycles. The summed E-state index contributed by atoms with van der Waals surface area (Å²) in [6.07, 6.45) is 0.423. The van der Waals surface area contributed by atoms with Gasteiger partial charge in [-0.25, -0.2) is 0 Å². The second kappa shape index (κ2) is 6.37. The molecule has 1 heterocycles. The third kappa shape index (κ3) is 3.54. The van der Waals surface area contributed by atoms with Gasteiger partial charge in [0.05, 0.1) is 0 Å². The van der Waals surface area contributed by atoms with Crippen LogP contribution in [0, 0.1) is 0 Å². The molecule has 0 radical (unpaired) electrons. The van der Waals surface area contributed by atoms with Crippen molar-refractivity contribution in [3.8, 4) is 0 Å². The highest BCUT2D eigenvalue weighted by molar-refractivity contribution is 7.19. The Morgan fingerprint density at radius 3 is 2.65 bits per heavy atom. The molecule has 0 spiro atoms. The van der Waals surface area contributed by atoms with Crippen LogP contribution in [-0.4, -0.2) is 18.1 Å². The first-order valence-electron chi connectivity index (χ1n) is 5.38. The molecule has 2 aromatic rings. The highest BCUT2D eigenvalue weighted by Gasteiger charge is 2.11. The summed E-state index contributed by atoms with van der Waals surface area (Å²) in [6.45, 7) is 2.04. The molecule has 1 amide bonds. The molecule has 1 atom stereocenters. The van der Waals surface area contributed by atoms with E-state index < -0.39 is 0 Å². The molecule has 0 fully saturated rings. The fourth-order valence-electron chi connectivity index (χ4n) is 1.65. The van der Waals surface area contributed by atoms with Gasteiger partial charge in [-0.1, -0.05) is 25.1 Å². The highest BCUT2D eigenvalue weighted by atomic mass is 32.1. The number of hydrogen-bond acceptors (Lipinski definition) is 3. The number of aliphatic hydroxyl groups excluding tert-OH is 1. The van der Waals surface area contributed by atoms with Gasteiger partial charge in [-0.3, -0.25) is 4.79 Å². The number of rotatable bonds is 3. The Hall–Kier alpha value is -1.39. The molecule has 2 rings (SSSR count). The van der Waals surface area contributed by atoms with E-state index in [9.17, 15) is 4.79 Å². The first-order valence-corrected chi connectivity index (χ1v) is 6.20. The fourth-order valence-corrected chi connectivity index (χ4v) is 2.76. The van der Waals surface area contributed by atoms with E-state index in [2.05, 4.69) is 18.2 Å². The number of carbonyl (C=O) groups is 1. The third-order valence-electron chi connectivity index (χ3n) is 2.44. The molecule has 0 bridgehead atoms. The van der Waals surface area contributed by atoms with Crippen molar-refractivity contribution in [2.45, 2.75) is 19.3 Å². The van der Waals surface area contributed by atoms with Crippen molar-refractivity contribution >= 4 is 27.3 Å². The maximum atomic E-state index is 10.8. The van der Waals surface area contributed by atoms with Crippen molar-refractivity contribution < 1.29 is 9.90 Å². The highest BCUT2D eigenvalue weighted by Crippen LogP contribution is 2.31. The summed E-state index contributed by atoms with van der Waals surface area (Å²) in [7, 11) is 1.00. The molecular formula is C13H17NO2S. The van der Waals surface area contributed by atoms with Crippen LogP contribution in [0.4, 0.5) is 0 Å². The number of carbonyl (C=O) groups excluding carboxylic acids is 1. The Labute approximate surface area is 105 Å². The first-order chi connectivity index (χ1) is 8.16. The zero-order valence-corrected chi connectivity index (χ0v) is 10.8. The van der Waals surface area contributed by atoms with Crippen LogP contribution in [0.3, 0.4) is 0 Å². The van der Waals surface area contributed by atoms with Crippen molar-refractivity contribution in [1.82, 2.24) is 0 Å². The molecule has 3 N–H and O–H groups in total. The van der Waals surface area contributed by atoms with Crippen LogP contribution in [0.15, 0.2) is 30.3 Å². The zero-order chi connectivity index (χ0) is 12.8. The van der Waals surface area contributed by atoms with E-state index in [-0.39, 0.29) is 11.8 Å². The summed E-state index contributed by atoms with van der Waals surface area (Å²) < 4.78 is 1.27. The van der Waals surface area contributed by atoms with Crippen LogP contribution in [0.1, 0.15) is 24.1 Å². The summed E-state index contributed by atoms with van der Waals surface area (Å²) in [6, 6.07) is 10.4. The van der Waals surface area contributed by atoms with Crippen LogP contribution in [-0.2, 0) is 4.79 Å². The normalized spacial score (nSPS) is 11.7. The van der Waals surface area contributed by atoms with E-state index in [1.54, 1.807) is 11.3 Å². The van der Waals surface area contributed by atoms with Crippen molar-refractivity contribution in [3.63, 3.8) is 0 Å². The van der Waals surface area contributed by atoms with Crippen molar-refractivity contribution in [2.75, 3.05) is 7.11 Å². The minimum Gasteiger partial charge on any atom is -0.400 e. The van der Waals surface area contributed by atoms with E-state index in [0.717, 1.165) is 7.11 Å². The number of thiophene rings is 1. The van der Waals surface area contributed by atoms with Gasteiger partial charge in [0.1, 0.15) is 0 Å². The van der Waals surface area contributed by atoms with Crippen LogP contribution in [0.5, 0.6) is 0 Å². The Kier molecular flexibility index (Phi) is 5.12. The van der Waals surface area contributed by atoms with Crippen molar-refractivity contribution in [1.29, 1.82) is 0 Å². The summed E-state index contributed by atoms with van der Waals surface area (Å²) in [5, 5.41) is 8.24. The molecular weight excluding hydrogens is 234 g/mol. The second-order valence-electron chi connectivity index (χ2n) is 3.76. The number of nitrogens with two attached hydrogens (primary N) is 1. The molecule has 0 aliphatic rings. The maximum Gasteiger partial charge on any atom is 0.218 e. The number of amides is 1. The lowest BCUT2D eigenvalue weighted by molar-refractivity contribution is -0.118. The number of primary amides is 1. The predicted octanol–water partition coefficient (Wildman–Crippen LogP) is 2.49. The van der Waals surface area contributed by atoms with E-state index >= 15 is 0 Å². The molecule has 0 saturated carbocycles. The summed E-state index contributed by atoms with van der Waals surface area (Å²) >= 11 is 1.74. The molecule has 0 saturated heterocycles. The molecule has 17 heavy (non-hydrogen) atoms. The molecule has 1 aromatic heterocycles. The monoisotopic (exact) mass is 251 g/mol. The Morgan fingerprint density at radius 2 is 2.06 bits per heavy atom. The lowest BCUT2D eigenvalue weighted by atomic mass is 10.1. The van der Waals surface area contributed by atoms with Gasteiger partial charge in [0.15, 0.2) is 0 Å². The van der Waals surface area contributed by atoms with Crippen LogP contribution in [0.2, 0.25) is 0 Å². The Morgan fingerprint density at radius 1 is 1.41 bits per heavy atom. The Bertz CT molecular complexity index is 460. The van der Waals surface area contributed by atoms with Crippen molar-refractivity contribution in [2.24, 2.45) is 5.73 Å². The van der Waals surface area contributed by atoms with Crippen LogP contribution >= 0.6 is 11.3 Å². The fraction of sp³-hybridized carbons (Fsp3) is 0.308. The minimum absolute atomic E-state index is 0.222. The lowest BCUT2D eigenvalue weighted by Crippen LogP contribution is -2.13. The third-order valence-corrected chi connectivity index (χ3v) is 3.79. The number of aliphatic hydroxyl groups is 1. The van der Waals surface area contributed by atoms with E-state index in [1.165, 1.54) is 15.0 Å². The molecule has 1 aromatic carbocycles. The lowest BCUT2D eigenvalue weighted by Gasteiger charge is -2.04. The molecule has 92 valence electrons. The molecule has 4 heteroatoms. The van der Waals surface area contributed by atoms with Gasteiger partial charge < -0.3 is 10.8 Å². The van der Waals surface area contributed by atoms with Crippen molar-refractivity contribution in [3.05, 3.63) is 35.2 Å². The topological polar surface area (TPSA) is 63.3 Å². The zero-order valence-electron chi connectivity index (χ0n) is 10.0. The van der Waals surface area contributed by atoms with Gasteiger partial charge in [0.2, 0.25) is 5.91 Å². The smallest absolute Gasteiger partial charge is 0.218 e. The van der Waals surface area contributed by atoms with E-state index in [1.807, 2.05) is 19.1 Å². The second-order valence-corrected chi connectivity index (χ2v) is 4.87. The summed E-state index contributed by atoms with van der Waals surface area (Å²) in [4.78, 5) is 12.1. The predicted molar refractivity (Wildman–Crippen MR) is 72.2 cm³/mol. The number of hydrogen-bond donors (Lipinski definition) is 2. The number of benzene rings is 1. The maximum absolute atomic E-state index is 10.8. The van der Waals surface area contributed by atoms with E-state index in [4.69, 9.17) is 10.8 Å². The van der Waals surface area contributed by atoms with Gasteiger partial charge in [-0.2, -0.15) is 0 Å². The van der Waals surface area contributed by atoms with Crippen LogP contribution < -0.4 is 5.73 Å². The van der Waals surface area contributed by atoms with Crippen LogP contribution in [0.25, 0.3) is 10.1 Å². The molecule has 1 unspecified atom stereocenters. The molecule has 3 nitrogen and oxygen atoms in total.